The molecule has 0 aliphatic rings. The van der Waals surface area contributed by atoms with Crippen molar-refractivity contribution in [2.75, 3.05) is 12.3 Å². The Morgan fingerprint density at radius 3 is 2.68 bits per heavy atom. The number of amides is 1. The van der Waals surface area contributed by atoms with E-state index in [4.69, 9.17) is 11.6 Å². The van der Waals surface area contributed by atoms with E-state index < -0.39 is 4.92 Å². The Hall–Kier alpha value is -2.31. The zero-order chi connectivity index (χ0) is 18.1. The number of halogens is 1. The summed E-state index contributed by atoms with van der Waals surface area (Å²) in [7, 11) is 0. The molecule has 0 aromatic heterocycles. The smallest absolute Gasteiger partial charge is 0.269 e. The van der Waals surface area contributed by atoms with Gasteiger partial charge in [-0.25, -0.2) is 0 Å². The van der Waals surface area contributed by atoms with Crippen LogP contribution in [0.15, 0.2) is 54.6 Å². The lowest BCUT2D eigenvalue weighted by Crippen LogP contribution is -2.23. The van der Waals surface area contributed by atoms with Gasteiger partial charge in [-0.3, -0.25) is 14.9 Å². The quantitative estimate of drug-likeness (QED) is 0.322. The van der Waals surface area contributed by atoms with E-state index in [1.807, 2.05) is 24.3 Å². The standard InChI is InChI=1S/C18H17ClN2O3S/c19-16-3-1-2-15(12-16)13-25-11-10-20-18(22)9-6-14-4-7-17(8-5-14)21(23)24/h1-9,12H,10-11,13H2,(H,20,22). The monoisotopic (exact) mass is 376 g/mol. The molecule has 0 unspecified atom stereocenters. The molecule has 1 N–H and O–H groups in total. The molecule has 0 spiro atoms. The van der Waals surface area contributed by atoms with E-state index in [2.05, 4.69) is 5.32 Å². The predicted octanol–water partition coefficient (Wildman–Crippen LogP) is 4.31. The van der Waals surface area contributed by atoms with Crippen LogP contribution in [0.1, 0.15) is 11.1 Å². The third-order valence-corrected chi connectivity index (χ3v) is 4.50. The maximum atomic E-state index is 11.7. The topological polar surface area (TPSA) is 72.2 Å². The Morgan fingerprint density at radius 1 is 1.24 bits per heavy atom. The Bertz CT molecular complexity index is 763. The number of nitro groups is 1. The van der Waals surface area contributed by atoms with Crippen molar-refractivity contribution in [1.82, 2.24) is 5.32 Å². The Labute approximate surface area is 155 Å². The largest absolute Gasteiger partial charge is 0.352 e. The second-order valence-electron chi connectivity index (χ2n) is 5.16. The summed E-state index contributed by atoms with van der Waals surface area (Å²) >= 11 is 7.64. The molecular weight excluding hydrogens is 360 g/mol. The van der Waals surface area contributed by atoms with Crippen molar-refractivity contribution >= 4 is 41.0 Å². The predicted molar refractivity (Wildman–Crippen MR) is 103 cm³/mol. The van der Waals surface area contributed by atoms with Crippen molar-refractivity contribution in [3.8, 4) is 0 Å². The molecule has 130 valence electrons. The van der Waals surface area contributed by atoms with Crippen LogP contribution >= 0.6 is 23.4 Å². The zero-order valence-corrected chi connectivity index (χ0v) is 14.9. The van der Waals surface area contributed by atoms with Gasteiger partial charge in [0.2, 0.25) is 5.91 Å². The molecule has 0 aliphatic carbocycles. The molecule has 0 heterocycles. The molecule has 0 saturated heterocycles. The third kappa shape index (κ3) is 6.99. The van der Waals surface area contributed by atoms with Crippen LogP contribution in [0.5, 0.6) is 0 Å². The van der Waals surface area contributed by atoms with Crippen molar-refractivity contribution in [2.45, 2.75) is 5.75 Å². The van der Waals surface area contributed by atoms with Crippen LogP contribution in [0.2, 0.25) is 5.02 Å². The van der Waals surface area contributed by atoms with Gasteiger partial charge in [0.15, 0.2) is 0 Å². The van der Waals surface area contributed by atoms with Crippen molar-refractivity contribution in [3.05, 3.63) is 80.9 Å². The lowest BCUT2D eigenvalue weighted by Gasteiger charge is -2.03. The van der Waals surface area contributed by atoms with Gasteiger partial charge < -0.3 is 5.32 Å². The number of nitro benzene ring substituents is 1. The Balaban J connectivity index is 1.67. The second kappa shape index (κ2) is 9.86. The molecule has 2 rings (SSSR count). The van der Waals surface area contributed by atoms with Crippen molar-refractivity contribution in [1.29, 1.82) is 0 Å². The number of hydrogen-bond donors (Lipinski definition) is 1. The minimum atomic E-state index is -0.457. The first-order valence-corrected chi connectivity index (χ1v) is 9.10. The number of carbonyl (C=O) groups is 1. The fourth-order valence-corrected chi connectivity index (χ4v) is 3.02. The molecule has 5 nitrogen and oxygen atoms in total. The molecule has 7 heteroatoms. The molecule has 0 atom stereocenters. The van der Waals surface area contributed by atoms with Crippen LogP contribution in [0.3, 0.4) is 0 Å². The number of rotatable bonds is 8. The molecule has 1 amide bonds. The van der Waals surface area contributed by atoms with E-state index in [1.165, 1.54) is 18.2 Å². The maximum Gasteiger partial charge on any atom is 0.269 e. The van der Waals surface area contributed by atoms with Gasteiger partial charge in [-0.05, 0) is 41.5 Å². The summed E-state index contributed by atoms with van der Waals surface area (Å²) in [6.45, 7) is 0.564. The summed E-state index contributed by atoms with van der Waals surface area (Å²) < 4.78 is 0. The van der Waals surface area contributed by atoms with Crippen LogP contribution in [0.4, 0.5) is 5.69 Å². The molecule has 2 aromatic carbocycles. The van der Waals surface area contributed by atoms with Gasteiger partial charge in [0.05, 0.1) is 4.92 Å². The van der Waals surface area contributed by atoms with E-state index >= 15 is 0 Å². The van der Waals surface area contributed by atoms with Crippen LogP contribution in [-0.2, 0) is 10.5 Å². The number of non-ortho nitro benzene ring substituents is 1. The summed E-state index contributed by atoms with van der Waals surface area (Å²) in [5.74, 6) is 1.44. The zero-order valence-electron chi connectivity index (χ0n) is 13.4. The molecule has 2 aromatic rings. The highest BCUT2D eigenvalue weighted by atomic mass is 35.5. The molecule has 0 aliphatic heterocycles. The van der Waals surface area contributed by atoms with E-state index in [1.54, 1.807) is 30.0 Å². The van der Waals surface area contributed by atoms with Gasteiger partial charge >= 0.3 is 0 Å². The molecule has 25 heavy (non-hydrogen) atoms. The number of hydrogen-bond acceptors (Lipinski definition) is 4. The maximum absolute atomic E-state index is 11.7. The van der Waals surface area contributed by atoms with Crippen molar-refractivity contribution in [2.24, 2.45) is 0 Å². The lowest BCUT2D eigenvalue weighted by atomic mass is 10.2. The lowest BCUT2D eigenvalue weighted by molar-refractivity contribution is -0.384. The highest BCUT2D eigenvalue weighted by molar-refractivity contribution is 7.98. The number of nitrogens with one attached hydrogen (secondary N) is 1. The highest BCUT2D eigenvalue weighted by Gasteiger charge is 2.02. The van der Waals surface area contributed by atoms with E-state index in [0.717, 1.165) is 27.7 Å². The van der Waals surface area contributed by atoms with Gasteiger partial charge in [-0.1, -0.05) is 23.7 Å². The van der Waals surface area contributed by atoms with Crippen LogP contribution in [0, 0.1) is 10.1 Å². The minimum absolute atomic E-state index is 0.0262. The van der Waals surface area contributed by atoms with Crippen molar-refractivity contribution < 1.29 is 9.72 Å². The summed E-state index contributed by atoms with van der Waals surface area (Å²) in [6, 6.07) is 13.7. The highest BCUT2D eigenvalue weighted by Crippen LogP contribution is 2.16. The number of carbonyl (C=O) groups excluding carboxylic acids is 1. The Kier molecular flexibility index (Phi) is 7.50. The average Bonchev–Trinajstić information content (AvgIpc) is 2.60. The Morgan fingerprint density at radius 2 is 2.00 bits per heavy atom. The van der Waals surface area contributed by atoms with Crippen LogP contribution in [0.25, 0.3) is 6.08 Å². The van der Waals surface area contributed by atoms with Gasteiger partial charge in [-0.2, -0.15) is 11.8 Å². The van der Waals surface area contributed by atoms with Crippen LogP contribution in [-0.4, -0.2) is 23.1 Å². The first kappa shape index (κ1) is 19.0. The van der Waals surface area contributed by atoms with Gasteiger partial charge in [0.1, 0.15) is 0 Å². The normalized spacial score (nSPS) is 10.8. The van der Waals surface area contributed by atoms with E-state index in [0.29, 0.717) is 6.54 Å². The van der Waals surface area contributed by atoms with E-state index in [9.17, 15) is 14.9 Å². The first-order chi connectivity index (χ1) is 12.0. The summed E-state index contributed by atoms with van der Waals surface area (Å²) in [5.41, 5.74) is 1.91. The molecular formula is C18H17ClN2O3S. The first-order valence-electron chi connectivity index (χ1n) is 7.57. The minimum Gasteiger partial charge on any atom is -0.352 e. The molecule has 0 radical (unpaired) electrons. The van der Waals surface area contributed by atoms with Gasteiger partial charge in [0.25, 0.3) is 5.69 Å². The summed E-state index contributed by atoms with van der Waals surface area (Å²) in [5, 5.41) is 14.1. The fraction of sp³-hybridized carbons (Fsp3) is 0.167. The van der Waals surface area contributed by atoms with E-state index in [-0.39, 0.29) is 11.6 Å². The number of nitrogens with zero attached hydrogens (tertiary/aromatic N) is 1. The van der Waals surface area contributed by atoms with Crippen molar-refractivity contribution in [3.63, 3.8) is 0 Å². The molecule has 0 saturated carbocycles. The molecule has 0 bridgehead atoms. The van der Waals surface area contributed by atoms with Crippen LogP contribution < -0.4 is 5.32 Å². The van der Waals surface area contributed by atoms with Gasteiger partial charge in [0, 0.05) is 41.3 Å². The fourth-order valence-electron chi connectivity index (χ4n) is 2.00. The molecule has 0 fully saturated rings. The number of thioether (sulfide) groups is 1. The third-order valence-electron chi connectivity index (χ3n) is 3.23. The average molecular weight is 377 g/mol. The van der Waals surface area contributed by atoms with Gasteiger partial charge in [-0.15, -0.1) is 0 Å². The SMILES string of the molecule is O=C(C=Cc1ccc([N+](=O)[O-])cc1)NCCSCc1cccc(Cl)c1. The summed E-state index contributed by atoms with van der Waals surface area (Å²) in [4.78, 5) is 21.9. The summed E-state index contributed by atoms with van der Waals surface area (Å²) in [6.07, 6.45) is 3.04. The number of benzene rings is 2. The second-order valence-corrected chi connectivity index (χ2v) is 6.70.